The van der Waals surface area contributed by atoms with Crippen LogP contribution in [0.4, 0.5) is 5.82 Å². The van der Waals surface area contributed by atoms with Crippen molar-refractivity contribution in [3.05, 3.63) is 53.1 Å². The molecule has 7 nitrogen and oxygen atoms in total. The molecule has 0 N–H and O–H groups in total. The lowest BCUT2D eigenvalue weighted by Crippen LogP contribution is -2.37. The summed E-state index contributed by atoms with van der Waals surface area (Å²) >= 11 is 0. The predicted molar refractivity (Wildman–Crippen MR) is 98.4 cm³/mol. The number of hydrogen-bond acceptors (Lipinski definition) is 5. The molecule has 0 amide bonds. The Morgan fingerprint density at radius 2 is 1.96 bits per heavy atom. The van der Waals surface area contributed by atoms with E-state index >= 15 is 0 Å². The van der Waals surface area contributed by atoms with E-state index in [2.05, 4.69) is 20.9 Å². The predicted octanol–water partition coefficient (Wildman–Crippen LogP) is 2.08. The molecule has 5 rings (SSSR count). The van der Waals surface area contributed by atoms with E-state index in [-0.39, 0.29) is 5.56 Å². The largest absolute Gasteiger partial charge is 0.355 e. The maximum Gasteiger partial charge on any atom is 0.253 e. The number of hydrogen-bond donors (Lipinski definition) is 0. The molecule has 134 valence electrons. The second kappa shape index (κ2) is 6.23. The van der Waals surface area contributed by atoms with Gasteiger partial charge in [-0.05, 0) is 37.7 Å². The first kappa shape index (κ1) is 15.5. The molecular weight excluding hydrogens is 328 g/mol. The van der Waals surface area contributed by atoms with Crippen molar-refractivity contribution in [2.75, 3.05) is 18.0 Å². The smallest absolute Gasteiger partial charge is 0.253 e. The minimum absolute atomic E-state index is 0.0285. The molecule has 2 aliphatic rings. The Kier molecular flexibility index (Phi) is 3.72. The summed E-state index contributed by atoms with van der Waals surface area (Å²) in [6.07, 6.45) is 11.6. The molecule has 3 aromatic rings. The third-order valence-corrected chi connectivity index (χ3v) is 5.55. The second-order valence-electron chi connectivity index (χ2n) is 7.43. The fourth-order valence-electron chi connectivity index (χ4n) is 3.87. The Hall–Kier alpha value is -2.70. The van der Waals surface area contributed by atoms with Crippen LogP contribution in [0.3, 0.4) is 0 Å². The van der Waals surface area contributed by atoms with Gasteiger partial charge in [0.15, 0.2) is 5.82 Å². The van der Waals surface area contributed by atoms with Crippen LogP contribution in [0.1, 0.15) is 37.3 Å². The second-order valence-corrected chi connectivity index (χ2v) is 7.43. The summed E-state index contributed by atoms with van der Waals surface area (Å²) in [6.45, 7) is 2.66. The van der Waals surface area contributed by atoms with Crippen molar-refractivity contribution in [2.24, 2.45) is 5.92 Å². The van der Waals surface area contributed by atoms with Gasteiger partial charge in [-0.1, -0.05) is 0 Å². The molecule has 7 heteroatoms. The molecule has 0 bridgehead atoms. The Labute approximate surface area is 151 Å². The van der Waals surface area contributed by atoms with Gasteiger partial charge in [-0.3, -0.25) is 9.36 Å². The molecule has 0 atom stereocenters. The molecule has 1 saturated heterocycles. The molecule has 2 fully saturated rings. The zero-order valence-corrected chi connectivity index (χ0v) is 14.7. The fraction of sp³-hybridized carbons (Fsp3) is 0.474. The maximum atomic E-state index is 11.9. The van der Waals surface area contributed by atoms with Gasteiger partial charge in [0, 0.05) is 50.2 Å². The third-order valence-electron chi connectivity index (χ3n) is 5.55. The van der Waals surface area contributed by atoms with Crippen LogP contribution < -0.4 is 10.5 Å². The Morgan fingerprint density at radius 1 is 1.12 bits per heavy atom. The molecule has 1 aliphatic carbocycles. The summed E-state index contributed by atoms with van der Waals surface area (Å²) in [5.41, 5.74) is 2.34. The van der Waals surface area contributed by atoms with E-state index in [0.29, 0.717) is 11.8 Å². The van der Waals surface area contributed by atoms with E-state index < -0.39 is 0 Å². The average Bonchev–Trinajstić information content (AvgIpc) is 3.43. The first-order valence-electron chi connectivity index (χ1n) is 9.37. The van der Waals surface area contributed by atoms with Crippen LogP contribution in [0.15, 0.2) is 41.8 Å². The summed E-state index contributed by atoms with van der Waals surface area (Å²) in [4.78, 5) is 22.9. The Morgan fingerprint density at radius 3 is 2.73 bits per heavy atom. The van der Waals surface area contributed by atoms with Crippen LogP contribution in [-0.4, -0.2) is 37.2 Å². The topological polar surface area (TPSA) is 68.3 Å². The van der Waals surface area contributed by atoms with Crippen molar-refractivity contribution < 1.29 is 0 Å². The molecule has 3 aromatic heterocycles. The SMILES string of the molecule is O=c1ccncn1CC1CCN(c2nccn3nc(C4CC4)cc23)CC1. The minimum atomic E-state index is 0.0285. The molecule has 0 aromatic carbocycles. The number of nitrogens with zero attached hydrogens (tertiary/aromatic N) is 6. The number of anilines is 1. The van der Waals surface area contributed by atoms with E-state index in [1.165, 1.54) is 24.6 Å². The van der Waals surface area contributed by atoms with Gasteiger partial charge in [0.05, 0.1) is 12.0 Å². The quantitative estimate of drug-likeness (QED) is 0.721. The van der Waals surface area contributed by atoms with E-state index in [1.54, 1.807) is 17.1 Å². The van der Waals surface area contributed by atoms with Crippen LogP contribution in [0, 0.1) is 5.92 Å². The van der Waals surface area contributed by atoms with Gasteiger partial charge < -0.3 is 4.90 Å². The number of piperidine rings is 1. The monoisotopic (exact) mass is 350 g/mol. The molecule has 0 radical (unpaired) electrons. The molecule has 4 heterocycles. The van der Waals surface area contributed by atoms with Gasteiger partial charge >= 0.3 is 0 Å². The normalized spacial score (nSPS) is 18.5. The lowest BCUT2D eigenvalue weighted by atomic mass is 9.96. The van der Waals surface area contributed by atoms with E-state index in [9.17, 15) is 4.79 Å². The lowest BCUT2D eigenvalue weighted by Gasteiger charge is -2.33. The first-order chi connectivity index (χ1) is 12.8. The van der Waals surface area contributed by atoms with Crippen LogP contribution in [-0.2, 0) is 6.54 Å². The molecule has 1 saturated carbocycles. The Balaban J connectivity index is 1.31. The van der Waals surface area contributed by atoms with E-state index in [4.69, 9.17) is 5.10 Å². The zero-order valence-electron chi connectivity index (χ0n) is 14.7. The molecule has 1 aliphatic heterocycles. The average molecular weight is 350 g/mol. The highest BCUT2D eigenvalue weighted by Crippen LogP contribution is 2.40. The van der Waals surface area contributed by atoms with Crippen LogP contribution in [0.5, 0.6) is 0 Å². The summed E-state index contributed by atoms with van der Waals surface area (Å²) in [6, 6.07) is 3.73. The van der Waals surface area contributed by atoms with E-state index in [0.717, 1.165) is 43.8 Å². The van der Waals surface area contributed by atoms with Crippen LogP contribution in [0.2, 0.25) is 0 Å². The van der Waals surface area contributed by atoms with E-state index in [1.807, 2.05) is 16.9 Å². The number of fused-ring (bicyclic) bond motifs is 1. The van der Waals surface area contributed by atoms with Crippen molar-refractivity contribution in [1.29, 1.82) is 0 Å². The third kappa shape index (κ3) is 2.87. The summed E-state index contributed by atoms with van der Waals surface area (Å²) in [5.74, 6) is 2.18. The van der Waals surface area contributed by atoms with Gasteiger partial charge in [0.25, 0.3) is 5.56 Å². The van der Waals surface area contributed by atoms with Crippen molar-refractivity contribution >= 4 is 11.3 Å². The molecule has 26 heavy (non-hydrogen) atoms. The highest BCUT2D eigenvalue weighted by molar-refractivity contribution is 5.69. The standard InChI is InChI=1S/C19H22N6O/c26-18-3-6-20-13-24(18)12-14-4-8-23(9-5-14)19-17-11-16(15-1-2-15)22-25(17)10-7-21-19/h3,6-7,10-11,13-15H,1-2,4-5,8-9,12H2. The first-order valence-corrected chi connectivity index (χ1v) is 9.37. The Bertz CT molecular complexity index is 981. The zero-order chi connectivity index (χ0) is 17.5. The highest BCUT2D eigenvalue weighted by atomic mass is 16.1. The summed E-state index contributed by atoms with van der Waals surface area (Å²) in [7, 11) is 0. The maximum absolute atomic E-state index is 11.9. The molecule has 0 spiro atoms. The number of aromatic nitrogens is 5. The minimum Gasteiger partial charge on any atom is -0.355 e. The van der Waals surface area contributed by atoms with Gasteiger partial charge in [-0.2, -0.15) is 5.10 Å². The summed E-state index contributed by atoms with van der Waals surface area (Å²) < 4.78 is 3.69. The van der Waals surface area contributed by atoms with Crippen molar-refractivity contribution in [3.63, 3.8) is 0 Å². The molecule has 0 unspecified atom stereocenters. The van der Waals surface area contributed by atoms with Crippen LogP contribution >= 0.6 is 0 Å². The molecular formula is C19H22N6O. The van der Waals surface area contributed by atoms with Gasteiger partial charge in [-0.25, -0.2) is 14.5 Å². The summed E-state index contributed by atoms with van der Waals surface area (Å²) in [5, 5.41) is 4.72. The van der Waals surface area contributed by atoms with Gasteiger partial charge in [0.1, 0.15) is 5.52 Å². The van der Waals surface area contributed by atoms with Gasteiger partial charge in [-0.15, -0.1) is 0 Å². The van der Waals surface area contributed by atoms with Crippen molar-refractivity contribution in [2.45, 2.75) is 38.1 Å². The lowest BCUT2D eigenvalue weighted by molar-refractivity contribution is 0.350. The van der Waals surface area contributed by atoms with Gasteiger partial charge in [0.2, 0.25) is 0 Å². The van der Waals surface area contributed by atoms with Crippen molar-refractivity contribution in [3.8, 4) is 0 Å². The van der Waals surface area contributed by atoms with Crippen molar-refractivity contribution in [1.82, 2.24) is 24.1 Å². The number of rotatable bonds is 4. The van der Waals surface area contributed by atoms with Crippen LogP contribution in [0.25, 0.3) is 5.52 Å². The highest BCUT2D eigenvalue weighted by Gasteiger charge is 2.28. The fourth-order valence-corrected chi connectivity index (χ4v) is 3.87.